The lowest BCUT2D eigenvalue weighted by Crippen LogP contribution is -2.29. The summed E-state index contributed by atoms with van der Waals surface area (Å²) in [5, 5.41) is 3.93. The lowest BCUT2D eigenvalue weighted by atomic mass is 10.0. The van der Waals surface area contributed by atoms with E-state index in [1.54, 1.807) is 32.5 Å². The molecule has 2 atom stereocenters. The van der Waals surface area contributed by atoms with Crippen molar-refractivity contribution in [3.05, 3.63) is 96.0 Å². The quantitative estimate of drug-likeness (QED) is 0.259. The van der Waals surface area contributed by atoms with Crippen molar-refractivity contribution in [1.82, 2.24) is 10.3 Å². The zero-order valence-electron chi connectivity index (χ0n) is 20.5. The van der Waals surface area contributed by atoms with Crippen LogP contribution in [0.3, 0.4) is 0 Å². The van der Waals surface area contributed by atoms with Gasteiger partial charge in [0.1, 0.15) is 29.1 Å². The molecular formula is C28H25N3O5S. The summed E-state index contributed by atoms with van der Waals surface area (Å²) in [7, 11) is 4.59. The van der Waals surface area contributed by atoms with Crippen molar-refractivity contribution in [2.24, 2.45) is 0 Å². The molecule has 2 aromatic carbocycles. The van der Waals surface area contributed by atoms with Gasteiger partial charge < -0.3 is 28.8 Å². The molecule has 0 bridgehead atoms. The van der Waals surface area contributed by atoms with E-state index in [0.29, 0.717) is 33.7 Å². The van der Waals surface area contributed by atoms with Gasteiger partial charge in [-0.1, -0.05) is 18.2 Å². The number of aromatic nitrogens is 1. The predicted octanol–water partition coefficient (Wildman–Crippen LogP) is 5.32. The fourth-order valence-electron chi connectivity index (χ4n) is 4.44. The van der Waals surface area contributed by atoms with Gasteiger partial charge in [-0.15, -0.1) is 0 Å². The van der Waals surface area contributed by atoms with E-state index in [9.17, 15) is 4.79 Å². The van der Waals surface area contributed by atoms with E-state index in [0.717, 1.165) is 16.9 Å². The molecule has 0 radical (unpaired) electrons. The number of thiocarbonyl (C=S) groups is 1. The molecule has 0 spiro atoms. The summed E-state index contributed by atoms with van der Waals surface area (Å²) in [5.41, 5.74) is 2.85. The molecule has 8 nitrogen and oxygen atoms in total. The Labute approximate surface area is 219 Å². The molecule has 1 saturated heterocycles. The van der Waals surface area contributed by atoms with Gasteiger partial charge in [-0.3, -0.25) is 4.98 Å². The normalized spacial score (nSPS) is 16.8. The van der Waals surface area contributed by atoms with Crippen molar-refractivity contribution in [3.63, 3.8) is 0 Å². The second-order valence-electron chi connectivity index (χ2n) is 8.31. The monoisotopic (exact) mass is 515 g/mol. The Hall–Kier alpha value is -4.37. The van der Waals surface area contributed by atoms with Gasteiger partial charge in [0.2, 0.25) is 0 Å². The Bertz CT molecular complexity index is 1420. The highest BCUT2D eigenvalue weighted by Gasteiger charge is 2.43. The average molecular weight is 516 g/mol. The van der Waals surface area contributed by atoms with Crippen LogP contribution in [0.1, 0.15) is 33.9 Å². The van der Waals surface area contributed by atoms with Crippen molar-refractivity contribution in [3.8, 4) is 22.8 Å². The molecule has 4 aromatic rings. The number of furan rings is 1. The van der Waals surface area contributed by atoms with Crippen molar-refractivity contribution >= 4 is 29.0 Å². The van der Waals surface area contributed by atoms with Crippen LogP contribution >= 0.6 is 12.2 Å². The van der Waals surface area contributed by atoms with E-state index < -0.39 is 5.97 Å². The maximum absolute atomic E-state index is 11.8. The number of esters is 1. The molecule has 3 heterocycles. The average Bonchev–Trinajstić information content (AvgIpc) is 3.57. The number of hydrogen-bond acceptors (Lipinski definition) is 7. The van der Waals surface area contributed by atoms with Crippen LogP contribution in [-0.4, -0.2) is 37.4 Å². The molecule has 0 aliphatic carbocycles. The lowest BCUT2D eigenvalue weighted by Gasteiger charge is -2.27. The topological polar surface area (TPSA) is 86.1 Å². The number of nitrogens with zero attached hydrogens (tertiary/aromatic N) is 2. The number of benzene rings is 2. The molecule has 0 saturated carbocycles. The van der Waals surface area contributed by atoms with Crippen LogP contribution < -0.4 is 19.7 Å². The van der Waals surface area contributed by atoms with Crippen LogP contribution in [0.5, 0.6) is 11.5 Å². The van der Waals surface area contributed by atoms with Crippen LogP contribution in [0.15, 0.2) is 83.4 Å². The molecular weight excluding hydrogens is 490 g/mol. The maximum atomic E-state index is 11.8. The predicted molar refractivity (Wildman–Crippen MR) is 143 cm³/mol. The lowest BCUT2D eigenvalue weighted by molar-refractivity contribution is 0.0600. The summed E-state index contributed by atoms with van der Waals surface area (Å²) < 4.78 is 22.4. The Balaban J connectivity index is 1.59. The highest BCUT2D eigenvalue weighted by molar-refractivity contribution is 7.80. The second kappa shape index (κ2) is 10.3. The highest BCUT2D eigenvalue weighted by Crippen LogP contribution is 2.46. The van der Waals surface area contributed by atoms with E-state index in [4.69, 9.17) is 30.8 Å². The number of rotatable bonds is 7. The molecule has 5 rings (SSSR count). The standard InChI is InChI=1S/C28H25N3O5S/c1-33-19-11-12-23(34-2)21(16-19)31-26(25(30-28(31)37)20-6-4-5-15-29-20)24-14-13-22(36-24)17-7-9-18(10-8-17)27(32)35-3/h4-16,25-26H,1-3H3,(H,30,37). The van der Waals surface area contributed by atoms with Gasteiger partial charge in [-0.2, -0.15) is 0 Å². The zero-order valence-corrected chi connectivity index (χ0v) is 21.3. The van der Waals surface area contributed by atoms with Crippen LogP contribution in [-0.2, 0) is 4.74 Å². The van der Waals surface area contributed by atoms with E-state index in [-0.39, 0.29) is 12.1 Å². The third kappa shape index (κ3) is 4.61. The molecule has 188 valence electrons. The van der Waals surface area contributed by atoms with Crippen LogP contribution in [0.25, 0.3) is 11.3 Å². The number of pyridine rings is 1. The maximum Gasteiger partial charge on any atom is 0.337 e. The molecule has 2 aromatic heterocycles. The van der Waals surface area contributed by atoms with Crippen molar-refractivity contribution < 1.29 is 23.4 Å². The fraction of sp³-hybridized carbons (Fsp3) is 0.179. The number of carbonyl (C=O) groups is 1. The van der Waals surface area contributed by atoms with Crippen molar-refractivity contribution in [2.45, 2.75) is 12.1 Å². The largest absolute Gasteiger partial charge is 0.497 e. The summed E-state index contributed by atoms with van der Waals surface area (Å²) in [4.78, 5) is 18.4. The van der Waals surface area contributed by atoms with Gasteiger partial charge in [0.15, 0.2) is 5.11 Å². The van der Waals surface area contributed by atoms with Crippen molar-refractivity contribution in [1.29, 1.82) is 0 Å². The Kier molecular flexibility index (Phi) is 6.78. The van der Waals surface area contributed by atoms with E-state index in [2.05, 4.69) is 10.3 Å². The zero-order chi connectivity index (χ0) is 25.9. The minimum Gasteiger partial charge on any atom is -0.497 e. The summed E-state index contributed by atoms with van der Waals surface area (Å²) in [5.74, 6) is 2.26. The number of hydrogen-bond donors (Lipinski definition) is 1. The smallest absolute Gasteiger partial charge is 0.337 e. The Morgan fingerprint density at radius 2 is 1.81 bits per heavy atom. The van der Waals surface area contributed by atoms with Gasteiger partial charge in [0.25, 0.3) is 0 Å². The molecule has 1 N–H and O–H groups in total. The first kappa shape index (κ1) is 24.3. The number of carbonyl (C=O) groups excluding carboxylic acids is 1. The molecule has 1 fully saturated rings. The Morgan fingerprint density at radius 1 is 1.00 bits per heavy atom. The van der Waals surface area contributed by atoms with Gasteiger partial charge in [0, 0.05) is 17.8 Å². The van der Waals surface area contributed by atoms with Crippen LogP contribution in [0.2, 0.25) is 0 Å². The first-order chi connectivity index (χ1) is 18.0. The summed E-state index contributed by atoms with van der Waals surface area (Å²) in [6, 6.07) is 21.6. The van der Waals surface area contributed by atoms with E-state index in [1.807, 2.05) is 65.6 Å². The molecule has 2 unspecified atom stereocenters. The first-order valence-electron chi connectivity index (χ1n) is 11.5. The minimum absolute atomic E-state index is 0.287. The van der Waals surface area contributed by atoms with Gasteiger partial charge in [-0.25, -0.2) is 4.79 Å². The van der Waals surface area contributed by atoms with Crippen LogP contribution in [0.4, 0.5) is 5.69 Å². The number of nitrogens with one attached hydrogen (secondary N) is 1. The van der Waals surface area contributed by atoms with E-state index >= 15 is 0 Å². The molecule has 1 aliphatic heterocycles. The van der Waals surface area contributed by atoms with E-state index in [1.165, 1.54) is 7.11 Å². The third-order valence-corrected chi connectivity index (χ3v) is 6.57. The first-order valence-corrected chi connectivity index (χ1v) is 12.0. The Morgan fingerprint density at radius 3 is 2.49 bits per heavy atom. The number of methoxy groups -OCH3 is 3. The molecule has 0 amide bonds. The van der Waals surface area contributed by atoms with Gasteiger partial charge in [0.05, 0.1) is 44.3 Å². The summed E-state index contributed by atoms with van der Waals surface area (Å²) in [6.07, 6.45) is 1.75. The second-order valence-corrected chi connectivity index (χ2v) is 8.69. The molecule has 9 heteroatoms. The highest BCUT2D eigenvalue weighted by atomic mass is 32.1. The number of ether oxygens (including phenoxy) is 3. The summed E-state index contributed by atoms with van der Waals surface area (Å²) in [6.45, 7) is 0. The van der Waals surface area contributed by atoms with Gasteiger partial charge >= 0.3 is 5.97 Å². The fourth-order valence-corrected chi connectivity index (χ4v) is 4.78. The van der Waals surface area contributed by atoms with Crippen LogP contribution in [0, 0.1) is 0 Å². The third-order valence-electron chi connectivity index (χ3n) is 6.25. The number of anilines is 1. The molecule has 1 aliphatic rings. The molecule has 37 heavy (non-hydrogen) atoms. The van der Waals surface area contributed by atoms with Gasteiger partial charge in [-0.05, 0) is 60.7 Å². The minimum atomic E-state index is -0.390. The summed E-state index contributed by atoms with van der Waals surface area (Å²) >= 11 is 5.82. The van der Waals surface area contributed by atoms with Crippen molar-refractivity contribution in [2.75, 3.05) is 26.2 Å². The SMILES string of the molecule is COC(=O)c1ccc(-c2ccc(C3C(c4ccccn4)NC(=S)N3c3cc(OC)ccc3OC)o2)cc1.